The summed E-state index contributed by atoms with van der Waals surface area (Å²) in [4.78, 5) is 24.5. The minimum atomic E-state index is -3.97. The molecule has 2 aromatic rings. The molecule has 2 fully saturated rings. The molecule has 1 saturated heterocycles. The molecule has 0 atom stereocenters. The van der Waals surface area contributed by atoms with Crippen molar-refractivity contribution in [1.29, 1.82) is 0 Å². The molecule has 42 heavy (non-hydrogen) atoms. The van der Waals surface area contributed by atoms with Gasteiger partial charge in [0.15, 0.2) is 9.84 Å². The highest BCUT2D eigenvalue weighted by molar-refractivity contribution is 7.92. The third-order valence-corrected chi connectivity index (χ3v) is 12.1. The molecule has 0 aromatic heterocycles. The number of sulfone groups is 1. The minimum Gasteiger partial charge on any atom is -0.462 e. The van der Waals surface area contributed by atoms with Gasteiger partial charge in [-0.15, -0.1) is 0 Å². The first-order chi connectivity index (χ1) is 20.0. The Kier molecular flexibility index (Phi) is 10.4. The Morgan fingerprint density at radius 1 is 0.810 bits per heavy atom. The van der Waals surface area contributed by atoms with Crippen molar-refractivity contribution in [2.24, 2.45) is 0 Å². The van der Waals surface area contributed by atoms with Crippen molar-refractivity contribution >= 4 is 31.8 Å². The average Bonchev–Trinajstić information content (AvgIpc) is 3.41. The van der Waals surface area contributed by atoms with Crippen LogP contribution in [0.3, 0.4) is 0 Å². The van der Waals surface area contributed by atoms with E-state index in [1.807, 2.05) is 13.8 Å². The molecule has 12 heteroatoms. The monoisotopic (exact) mass is 621 g/mol. The highest BCUT2D eigenvalue weighted by Crippen LogP contribution is 2.43. The fourth-order valence-corrected chi connectivity index (χ4v) is 8.81. The maximum absolute atomic E-state index is 13.6. The van der Waals surface area contributed by atoms with E-state index in [-0.39, 0.29) is 59.8 Å². The van der Waals surface area contributed by atoms with Crippen molar-refractivity contribution < 1.29 is 40.6 Å². The van der Waals surface area contributed by atoms with Gasteiger partial charge in [-0.2, -0.15) is 4.31 Å². The van der Waals surface area contributed by atoms with Gasteiger partial charge in [0.25, 0.3) is 0 Å². The van der Waals surface area contributed by atoms with Crippen molar-refractivity contribution in [2.75, 3.05) is 26.4 Å². The van der Waals surface area contributed by atoms with E-state index < -0.39 is 42.8 Å². The van der Waals surface area contributed by atoms with Gasteiger partial charge in [0, 0.05) is 6.54 Å². The predicted molar refractivity (Wildman–Crippen MR) is 155 cm³/mol. The number of hydrogen-bond acceptors (Lipinski definition) is 9. The summed E-state index contributed by atoms with van der Waals surface area (Å²) in [5.74, 6) is -0.998. The molecule has 1 heterocycles. The molecule has 1 aliphatic heterocycles. The van der Waals surface area contributed by atoms with Gasteiger partial charge in [-0.25, -0.2) is 26.4 Å². The molecule has 2 aromatic carbocycles. The standard InChI is InChI=1S/C30H39NO9S2/c1-3-5-20-38-28(32)23-7-11-25(12-8-23)41(34,35)26-15-17-30(18-16-26)31(19-22-40-30)42(36,37)27-13-9-24(10-14-27)29(33)39-21-6-4-2/h7-14,26H,3-6,15-22H2,1-2H3. The molecule has 1 spiro atoms. The van der Waals surface area contributed by atoms with Crippen LogP contribution in [0.1, 0.15) is 85.9 Å². The van der Waals surface area contributed by atoms with Crippen LogP contribution in [-0.2, 0) is 34.1 Å². The van der Waals surface area contributed by atoms with Crippen molar-refractivity contribution in [3.63, 3.8) is 0 Å². The zero-order chi connectivity index (χ0) is 30.4. The Morgan fingerprint density at radius 3 is 1.76 bits per heavy atom. The summed E-state index contributed by atoms with van der Waals surface area (Å²) in [5, 5.41) is -0.711. The van der Waals surface area contributed by atoms with E-state index in [9.17, 15) is 26.4 Å². The Bertz CT molecular complexity index is 1450. The number of benzene rings is 2. The third kappa shape index (κ3) is 6.88. The normalized spacial score (nSPS) is 21.3. The average molecular weight is 622 g/mol. The van der Waals surface area contributed by atoms with E-state index in [2.05, 4.69) is 0 Å². The van der Waals surface area contributed by atoms with E-state index in [0.29, 0.717) is 13.2 Å². The Labute approximate surface area is 248 Å². The summed E-state index contributed by atoms with van der Waals surface area (Å²) < 4.78 is 71.9. The zero-order valence-electron chi connectivity index (χ0n) is 24.1. The number of nitrogens with zero attached hydrogens (tertiary/aromatic N) is 1. The van der Waals surface area contributed by atoms with Gasteiger partial charge >= 0.3 is 11.9 Å². The number of carbonyl (C=O) groups excluding carboxylic acids is 2. The van der Waals surface area contributed by atoms with Crippen LogP contribution in [0.15, 0.2) is 58.3 Å². The van der Waals surface area contributed by atoms with Gasteiger partial charge in [-0.3, -0.25) is 0 Å². The summed E-state index contributed by atoms with van der Waals surface area (Å²) >= 11 is 0. The molecule has 4 rings (SSSR count). The molecule has 2 aliphatic rings. The van der Waals surface area contributed by atoms with Gasteiger partial charge in [0.1, 0.15) is 5.72 Å². The molecule has 230 valence electrons. The fraction of sp³-hybridized carbons (Fsp3) is 0.533. The first-order valence-electron chi connectivity index (χ1n) is 14.5. The van der Waals surface area contributed by atoms with Crippen LogP contribution in [0.5, 0.6) is 0 Å². The molecule has 1 saturated carbocycles. The first kappa shape index (κ1) is 32.1. The van der Waals surface area contributed by atoms with Crippen molar-refractivity contribution in [1.82, 2.24) is 4.31 Å². The van der Waals surface area contributed by atoms with E-state index in [1.54, 1.807) is 0 Å². The highest BCUT2D eigenvalue weighted by atomic mass is 32.2. The maximum atomic E-state index is 13.6. The number of carbonyl (C=O) groups is 2. The smallest absolute Gasteiger partial charge is 0.338 e. The van der Waals surface area contributed by atoms with E-state index >= 15 is 0 Å². The van der Waals surface area contributed by atoms with Crippen molar-refractivity contribution in [3.8, 4) is 0 Å². The number of rotatable bonds is 12. The molecule has 0 bridgehead atoms. The second-order valence-electron chi connectivity index (χ2n) is 10.6. The zero-order valence-corrected chi connectivity index (χ0v) is 25.8. The van der Waals surface area contributed by atoms with Crippen molar-refractivity contribution in [2.45, 2.75) is 86.0 Å². The van der Waals surface area contributed by atoms with Crippen LogP contribution in [0, 0.1) is 0 Å². The predicted octanol–water partition coefficient (Wildman–Crippen LogP) is 4.73. The lowest BCUT2D eigenvalue weighted by molar-refractivity contribution is -0.0748. The van der Waals surface area contributed by atoms with Gasteiger partial charge in [-0.1, -0.05) is 26.7 Å². The van der Waals surface area contributed by atoms with E-state index in [0.717, 1.165) is 25.7 Å². The molecule has 10 nitrogen and oxygen atoms in total. The lowest BCUT2D eigenvalue weighted by atomic mass is 9.91. The van der Waals surface area contributed by atoms with Crippen LogP contribution >= 0.6 is 0 Å². The minimum absolute atomic E-state index is 0.0283. The van der Waals surface area contributed by atoms with Crippen molar-refractivity contribution in [3.05, 3.63) is 59.7 Å². The summed E-state index contributed by atoms with van der Waals surface area (Å²) in [6.07, 6.45) is 4.17. The van der Waals surface area contributed by atoms with Crippen LogP contribution in [0.2, 0.25) is 0 Å². The van der Waals surface area contributed by atoms with Crippen LogP contribution in [0.4, 0.5) is 0 Å². The first-order valence-corrected chi connectivity index (χ1v) is 17.5. The third-order valence-electron chi connectivity index (χ3n) is 7.83. The highest BCUT2D eigenvalue weighted by Gasteiger charge is 2.52. The lowest BCUT2D eigenvalue weighted by Crippen LogP contribution is -2.51. The molecule has 1 aliphatic carbocycles. The second kappa shape index (κ2) is 13.7. The Balaban J connectivity index is 1.42. The second-order valence-corrected chi connectivity index (χ2v) is 14.7. The molecule has 0 amide bonds. The quantitative estimate of drug-likeness (QED) is 0.244. The summed E-state index contributed by atoms with van der Waals surface area (Å²) in [6.45, 7) is 4.95. The maximum Gasteiger partial charge on any atom is 0.338 e. The van der Waals surface area contributed by atoms with E-state index in [1.165, 1.54) is 52.8 Å². The number of esters is 2. The Hall–Kier alpha value is -2.80. The molecule has 0 unspecified atom stereocenters. The van der Waals surface area contributed by atoms with Gasteiger partial charge in [0.05, 0.1) is 46.0 Å². The number of hydrogen-bond donors (Lipinski definition) is 0. The molecule has 0 radical (unpaired) electrons. The summed E-state index contributed by atoms with van der Waals surface area (Å²) in [6, 6.07) is 11.4. The van der Waals surface area contributed by atoms with Gasteiger partial charge in [0.2, 0.25) is 10.0 Å². The van der Waals surface area contributed by atoms with Crippen LogP contribution in [0.25, 0.3) is 0 Å². The van der Waals surface area contributed by atoms with Gasteiger partial charge < -0.3 is 14.2 Å². The summed E-state index contributed by atoms with van der Waals surface area (Å²) in [7, 11) is -7.69. The largest absolute Gasteiger partial charge is 0.462 e. The number of unbranched alkanes of at least 4 members (excludes halogenated alkanes) is 2. The molecular formula is C30H39NO9S2. The lowest BCUT2D eigenvalue weighted by Gasteiger charge is -2.41. The van der Waals surface area contributed by atoms with Gasteiger partial charge in [-0.05, 0) is 87.1 Å². The van der Waals surface area contributed by atoms with E-state index in [4.69, 9.17) is 14.2 Å². The summed E-state index contributed by atoms with van der Waals surface area (Å²) in [5.41, 5.74) is -0.576. The van der Waals surface area contributed by atoms with Crippen LogP contribution in [-0.4, -0.2) is 70.4 Å². The topological polar surface area (TPSA) is 133 Å². The number of ether oxygens (including phenoxy) is 3. The Morgan fingerprint density at radius 2 is 1.29 bits per heavy atom. The fourth-order valence-electron chi connectivity index (χ4n) is 5.33. The molecular weight excluding hydrogens is 582 g/mol. The SMILES string of the molecule is CCCCOC(=O)c1ccc(S(=O)(=O)C2CCC3(CC2)OCCN3S(=O)(=O)c2ccc(C(=O)OCCCC)cc2)cc1. The number of sulfonamides is 1. The van der Waals surface area contributed by atoms with Crippen LogP contribution < -0.4 is 0 Å². The molecule has 0 N–H and O–H groups in total.